The number of rotatable bonds is 3. The van der Waals surface area contributed by atoms with E-state index in [-0.39, 0.29) is 0 Å². The second-order valence-electron chi connectivity index (χ2n) is 6.00. The second-order valence-corrected chi connectivity index (χ2v) is 6.00. The monoisotopic (exact) mass is 317 g/mol. The molecule has 3 aromatic rings. The van der Waals surface area contributed by atoms with E-state index in [1.54, 1.807) is 0 Å². The zero-order valence-electron chi connectivity index (χ0n) is 15.2. The number of aryl methyl sites for hydroxylation is 2. The Labute approximate surface area is 146 Å². The summed E-state index contributed by atoms with van der Waals surface area (Å²) in [6.07, 6.45) is 7.19. The molecule has 0 amide bonds. The lowest BCUT2D eigenvalue weighted by Crippen LogP contribution is -1.96. The maximum absolute atomic E-state index is 3.78. The topological polar surface area (TPSA) is 4.93 Å². The Morgan fingerprint density at radius 3 is 2.29 bits per heavy atom. The van der Waals surface area contributed by atoms with Crippen LogP contribution in [0.15, 0.2) is 67.3 Å². The smallest absolute Gasteiger partial charge is 0.0537 e. The lowest BCUT2D eigenvalue weighted by Gasteiger charge is -2.09. The van der Waals surface area contributed by atoms with E-state index in [1.807, 2.05) is 18.2 Å². The second kappa shape index (κ2) is 8.35. The van der Waals surface area contributed by atoms with E-state index in [1.165, 1.54) is 39.8 Å². The Morgan fingerprint density at radius 1 is 1.00 bits per heavy atom. The summed E-state index contributed by atoms with van der Waals surface area (Å²) in [7, 11) is 0. The Kier molecular flexibility index (Phi) is 6.20. The number of nitrogens with zero attached hydrogens (tertiary/aromatic N) is 1. The third kappa shape index (κ3) is 3.68. The SMILES string of the molecule is C=C/C=C\c1c(C)c2cc(C)ccc2n1-c1ccccc1.CCC. The highest BCUT2D eigenvalue weighted by atomic mass is 15.0. The summed E-state index contributed by atoms with van der Waals surface area (Å²) in [4.78, 5) is 0. The van der Waals surface area contributed by atoms with E-state index >= 15 is 0 Å². The number of hydrogen-bond donors (Lipinski definition) is 0. The number of benzene rings is 2. The van der Waals surface area contributed by atoms with Crippen LogP contribution < -0.4 is 0 Å². The van der Waals surface area contributed by atoms with E-state index in [9.17, 15) is 0 Å². The number of para-hydroxylation sites is 1. The Hall–Kier alpha value is -2.54. The van der Waals surface area contributed by atoms with Gasteiger partial charge in [0.1, 0.15) is 0 Å². The van der Waals surface area contributed by atoms with Crippen LogP contribution in [0.25, 0.3) is 22.7 Å². The molecule has 0 aliphatic heterocycles. The van der Waals surface area contributed by atoms with Gasteiger partial charge >= 0.3 is 0 Å². The summed E-state index contributed by atoms with van der Waals surface area (Å²) in [6, 6.07) is 17.1. The minimum absolute atomic E-state index is 1.18. The fraction of sp³-hybridized carbons (Fsp3) is 0.217. The first kappa shape index (κ1) is 17.8. The van der Waals surface area contributed by atoms with Gasteiger partial charge in [0, 0.05) is 16.8 Å². The summed E-state index contributed by atoms with van der Waals surface area (Å²) in [5, 5.41) is 1.31. The van der Waals surface area contributed by atoms with E-state index in [4.69, 9.17) is 0 Å². The average Bonchev–Trinajstić information content (AvgIpc) is 2.86. The molecule has 1 nitrogen and oxygen atoms in total. The molecule has 0 unspecified atom stereocenters. The van der Waals surface area contributed by atoms with Gasteiger partial charge in [-0.3, -0.25) is 0 Å². The predicted molar refractivity (Wildman–Crippen MR) is 108 cm³/mol. The molecule has 3 rings (SSSR count). The Balaban J connectivity index is 0.000000647. The average molecular weight is 317 g/mol. The zero-order chi connectivity index (χ0) is 17.5. The van der Waals surface area contributed by atoms with Gasteiger partial charge < -0.3 is 4.57 Å². The van der Waals surface area contributed by atoms with Crippen LogP contribution in [-0.2, 0) is 0 Å². The van der Waals surface area contributed by atoms with Crippen molar-refractivity contribution < 1.29 is 0 Å². The van der Waals surface area contributed by atoms with E-state index in [2.05, 4.69) is 87.4 Å². The van der Waals surface area contributed by atoms with Crippen LogP contribution in [0.3, 0.4) is 0 Å². The van der Waals surface area contributed by atoms with Gasteiger partial charge in [-0.05, 0) is 49.8 Å². The van der Waals surface area contributed by atoms with Crippen molar-refractivity contribution in [3.05, 3.63) is 84.1 Å². The first-order valence-electron chi connectivity index (χ1n) is 8.60. The molecule has 0 saturated carbocycles. The Morgan fingerprint density at radius 2 is 1.67 bits per heavy atom. The lowest BCUT2D eigenvalue weighted by atomic mass is 10.1. The molecule has 1 heterocycles. The van der Waals surface area contributed by atoms with Gasteiger partial charge in [-0.2, -0.15) is 0 Å². The summed E-state index contributed by atoms with van der Waals surface area (Å²) >= 11 is 0. The van der Waals surface area contributed by atoms with Crippen molar-refractivity contribution in [1.29, 1.82) is 0 Å². The molecule has 0 atom stereocenters. The first-order valence-corrected chi connectivity index (χ1v) is 8.60. The van der Waals surface area contributed by atoms with Gasteiger partial charge in [0.15, 0.2) is 0 Å². The fourth-order valence-corrected chi connectivity index (χ4v) is 2.79. The van der Waals surface area contributed by atoms with E-state index in [0.29, 0.717) is 0 Å². The zero-order valence-corrected chi connectivity index (χ0v) is 15.2. The molecule has 0 bridgehead atoms. The summed E-state index contributed by atoms with van der Waals surface area (Å²) in [6.45, 7) is 12.4. The molecule has 0 saturated heterocycles. The van der Waals surface area contributed by atoms with Crippen LogP contribution in [0.5, 0.6) is 0 Å². The number of hydrogen-bond acceptors (Lipinski definition) is 0. The third-order valence-electron chi connectivity index (χ3n) is 3.83. The van der Waals surface area contributed by atoms with Crippen molar-refractivity contribution in [2.24, 2.45) is 0 Å². The molecule has 0 radical (unpaired) electrons. The highest BCUT2D eigenvalue weighted by Gasteiger charge is 2.13. The molecular formula is C23H27N. The Bertz CT molecular complexity index is 835. The minimum Gasteiger partial charge on any atom is -0.310 e. The van der Waals surface area contributed by atoms with Gasteiger partial charge in [-0.15, -0.1) is 0 Å². The normalized spacial score (nSPS) is 10.7. The van der Waals surface area contributed by atoms with E-state index < -0.39 is 0 Å². The van der Waals surface area contributed by atoms with Gasteiger partial charge in [0.05, 0.1) is 5.52 Å². The summed E-state index contributed by atoms with van der Waals surface area (Å²) < 4.78 is 2.31. The molecule has 0 aliphatic carbocycles. The molecule has 1 aromatic heterocycles. The molecule has 0 fully saturated rings. The highest BCUT2D eigenvalue weighted by molar-refractivity contribution is 5.90. The van der Waals surface area contributed by atoms with Crippen LogP contribution in [-0.4, -0.2) is 4.57 Å². The largest absolute Gasteiger partial charge is 0.310 e. The molecule has 0 aliphatic rings. The van der Waals surface area contributed by atoms with Crippen molar-refractivity contribution in [2.75, 3.05) is 0 Å². The van der Waals surface area contributed by atoms with Crippen LogP contribution in [0.2, 0.25) is 0 Å². The van der Waals surface area contributed by atoms with Crippen molar-refractivity contribution in [1.82, 2.24) is 4.57 Å². The van der Waals surface area contributed by atoms with Crippen molar-refractivity contribution in [3.8, 4) is 5.69 Å². The van der Waals surface area contributed by atoms with Crippen LogP contribution >= 0.6 is 0 Å². The third-order valence-corrected chi connectivity index (χ3v) is 3.83. The molecular weight excluding hydrogens is 290 g/mol. The number of aromatic nitrogens is 1. The number of allylic oxidation sites excluding steroid dienone is 2. The molecule has 2 aromatic carbocycles. The standard InChI is InChI=1S/C20H19N.C3H8/c1-4-5-11-19-16(3)18-14-15(2)12-13-20(18)21(19)17-9-7-6-8-10-17;1-3-2/h4-14H,1H2,2-3H3;3H2,1-2H3/b11-5-;. The lowest BCUT2D eigenvalue weighted by molar-refractivity contribution is 1.09. The number of fused-ring (bicyclic) bond motifs is 1. The fourth-order valence-electron chi connectivity index (χ4n) is 2.79. The van der Waals surface area contributed by atoms with Crippen molar-refractivity contribution in [2.45, 2.75) is 34.1 Å². The molecule has 1 heteroatoms. The quantitative estimate of drug-likeness (QED) is 0.465. The molecule has 124 valence electrons. The van der Waals surface area contributed by atoms with Crippen LogP contribution in [0.1, 0.15) is 37.1 Å². The van der Waals surface area contributed by atoms with Crippen molar-refractivity contribution in [3.63, 3.8) is 0 Å². The molecule has 24 heavy (non-hydrogen) atoms. The molecule has 0 spiro atoms. The molecule has 0 N–H and O–H groups in total. The van der Waals surface area contributed by atoms with Gasteiger partial charge in [-0.25, -0.2) is 0 Å². The summed E-state index contributed by atoms with van der Waals surface area (Å²) in [5.74, 6) is 0. The predicted octanol–water partition coefficient (Wildman–Crippen LogP) is 6.86. The first-order chi connectivity index (χ1) is 11.6. The van der Waals surface area contributed by atoms with E-state index in [0.717, 1.165) is 0 Å². The highest BCUT2D eigenvalue weighted by Crippen LogP contribution is 2.30. The maximum atomic E-state index is 3.78. The summed E-state index contributed by atoms with van der Waals surface area (Å²) in [5.41, 5.74) is 6.23. The van der Waals surface area contributed by atoms with Crippen LogP contribution in [0.4, 0.5) is 0 Å². The minimum atomic E-state index is 1.18. The van der Waals surface area contributed by atoms with Gasteiger partial charge in [-0.1, -0.05) is 68.8 Å². The van der Waals surface area contributed by atoms with Gasteiger partial charge in [0.2, 0.25) is 0 Å². The van der Waals surface area contributed by atoms with Crippen LogP contribution in [0, 0.1) is 13.8 Å². The van der Waals surface area contributed by atoms with Gasteiger partial charge in [0.25, 0.3) is 0 Å². The van der Waals surface area contributed by atoms with Crippen molar-refractivity contribution >= 4 is 17.0 Å². The maximum Gasteiger partial charge on any atom is 0.0537 e.